The van der Waals surface area contributed by atoms with Crippen molar-refractivity contribution in [1.82, 2.24) is 20.3 Å². The van der Waals surface area contributed by atoms with Crippen molar-refractivity contribution in [3.8, 4) is 0 Å². The first-order valence-electron chi connectivity index (χ1n) is 8.90. The Morgan fingerprint density at radius 2 is 2.11 bits per heavy atom. The summed E-state index contributed by atoms with van der Waals surface area (Å²) in [6.45, 7) is 5.91. The quantitative estimate of drug-likeness (QED) is 0.207. The van der Waals surface area contributed by atoms with Gasteiger partial charge in [0.2, 0.25) is 10.0 Å². The van der Waals surface area contributed by atoms with Gasteiger partial charge in [0.25, 0.3) is 0 Å². The smallest absolute Gasteiger partial charge is 0.240 e. The number of nitrogens with zero attached hydrogens (tertiary/aromatic N) is 2. The van der Waals surface area contributed by atoms with Crippen molar-refractivity contribution in [2.24, 2.45) is 4.99 Å². The lowest BCUT2D eigenvalue weighted by Crippen LogP contribution is -2.46. The van der Waals surface area contributed by atoms with E-state index >= 15 is 0 Å². The van der Waals surface area contributed by atoms with Crippen molar-refractivity contribution in [2.75, 3.05) is 39.8 Å². The van der Waals surface area contributed by atoms with Crippen LogP contribution in [0.3, 0.4) is 0 Å². The molecule has 1 saturated heterocycles. The number of halogens is 2. The van der Waals surface area contributed by atoms with Crippen molar-refractivity contribution in [3.63, 3.8) is 0 Å². The van der Waals surface area contributed by atoms with Crippen LogP contribution < -0.4 is 15.4 Å². The van der Waals surface area contributed by atoms with Crippen molar-refractivity contribution < 1.29 is 8.42 Å². The van der Waals surface area contributed by atoms with Crippen LogP contribution in [0.4, 0.5) is 0 Å². The number of guanidine groups is 1. The van der Waals surface area contributed by atoms with Crippen LogP contribution in [0.15, 0.2) is 34.2 Å². The molecular weight excluding hydrogens is 501 g/mol. The molecule has 1 fully saturated rings. The molecule has 1 aliphatic heterocycles. The van der Waals surface area contributed by atoms with Gasteiger partial charge in [-0.05, 0) is 44.1 Å². The average molecular weight is 530 g/mol. The van der Waals surface area contributed by atoms with Crippen LogP contribution in [0.5, 0.6) is 0 Å². The minimum absolute atomic E-state index is 0. The lowest BCUT2D eigenvalue weighted by Gasteiger charge is -2.24. The minimum Gasteiger partial charge on any atom is -0.355 e. The van der Waals surface area contributed by atoms with Gasteiger partial charge in [-0.25, -0.2) is 13.1 Å². The molecule has 1 atom stereocenters. The van der Waals surface area contributed by atoms with E-state index in [4.69, 9.17) is 11.6 Å². The van der Waals surface area contributed by atoms with Crippen molar-refractivity contribution in [3.05, 3.63) is 29.3 Å². The Kier molecular flexibility index (Phi) is 10.9. The number of rotatable bonds is 8. The van der Waals surface area contributed by atoms with Gasteiger partial charge in [0.05, 0.1) is 4.90 Å². The third-order valence-electron chi connectivity index (χ3n) is 4.45. The van der Waals surface area contributed by atoms with Crippen molar-refractivity contribution in [1.29, 1.82) is 0 Å². The highest BCUT2D eigenvalue weighted by Crippen LogP contribution is 2.16. The van der Waals surface area contributed by atoms with E-state index < -0.39 is 10.0 Å². The summed E-state index contributed by atoms with van der Waals surface area (Å²) in [5, 5.41) is 6.84. The summed E-state index contributed by atoms with van der Waals surface area (Å²) >= 11 is 5.85. The van der Waals surface area contributed by atoms with Crippen LogP contribution in [-0.2, 0) is 10.0 Å². The molecule has 3 N–H and O–H groups in total. The highest BCUT2D eigenvalue weighted by Gasteiger charge is 2.22. The molecule has 2 rings (SSSR count). The monoisotopic (exact) mass is 529 g/mol. The fourth-order valence-electron chi connectivity index (χ4n) is 3.06. The molecule has 1 heterocycles. The van der Waals surface area contributed by atoms with Gasteiger partial charge >= 0.3 is 0 Å². The zero-order valence-corrected chi connectivity index (χ0v) is 19.6. The number of hydrogen-bond donors (Lipinski definition) is 3. The molecule has 0 aromatic heterocycles. The van der Waals surface area contributed by atoms with E-state index in [2.05, 4.69) is 32.2 Å². The Hall–Kier alpha value is -0.620. The molecule has 0 radical (unpaired) electrons. The summed E-state index contributed by atoms with van der Waals surface area (Å²) < 4.78 is 27.0. The predicted octanol–water partition coefficient (Wildman–Crippen LogP) is 1.89. The number of sulfonamides is 1. The Morgan fingerprint density at radius 3 is 2.78 bits per heavy atom. The van der Waals surface area contributed by atoms with Crippen LogP contribution in [0.1, 0.15) is 19.8 Å². The molecule has 0 aliphatic carbocycles. The predicted molar refractivity (Wildman–Crippen MR) is 122 cm³/mol. The molecule has 1 aromatic rings. The van der Waals surface area contributed by atoms with Crippen LogP contribution >= 0.6 is 35.6 Å². The standard InChI is InChI=1S/C17H28ClN5O2S.HI/c1-3-23-11-5-7-15(23)13-21-17(19-2)20-9-10-22-26(24,25)16-8-4-6-14(18)12-16;/h4,6,8,12,15,22H,3,5,7,9-11,13H2,1-2H3,(H2,19,20,21);1H. The third kappa shape index (κ3) is 7.72. The fraction of sp³-hybridized carbons (Fsp3) is 0.588. The van der Waals surface area contributed by atoms with Gasteiger partial charge < -0.3 is 10.6 Å². The Bertz CT molecular complexity index is 717. The lowest BCUT2D eigenvalue weighted by molar-refractivity contribution is 0.267. The Balaban J connectivity index is 0.00000364. The van der Waals surface area contributed by atoms with Gasteiger partial charge in [0, 0.05) is 37.7 Å². The summed E-state index contributed by atoms with van der Waals surface area (Å²) in [5.74, 6) is 0.676. The number of likely N-dealkylation sites (tertiary alicyclic amines) is 1. The van der Waals surface area contributed by atoms with Crippen molar-refractivity contribution in [2.45, 2.75) is 30.7 Å². The summed E-state index contributed by atoms with van der Waals surface area (Å²) in [4.78, 5) is 6.80. The molecule has 0 bridgehead atoms. The summed E-state index contributed by atoms with van der Waals surface area (Å²) in [6, 6.07) is 6.73. The highest BCUT2D eigenvalue weighted by molar-refractivity contribution is 14.0. The van der Waals surface area contributed by atoms with E-state index in [-0.39, 0.29) is 35.4 Å². The topological polar surface area (TPSA) is 85.8 Å². The molecule has 0 amide bonds. The van der Waals surface area contributed by atoms with Gasteiger partial charge in [-0.2, -0.15) is 0 Å². The summed E-state index contributed by atoms with van der Waals surface area (Å²) in [7, 11) is -1.86. The maximum absolute atomic E-state index is 12.2. The van der Waals surface area contributed by atoms with Gasteiger partial charge in [-0.15, -0.1) is 24.0 Å². The molecule has 0 spiro atoms. The number of hydrogen-bond acceptors (Lipinski definition) is 4. The van der Waals surface area contributed by atoms with E-state index in [0.717, 1.165) is 19.6 Å². The molecule has 1 aliphatic rings. The maximum atomic E-state index is 12.2. The fourth-order valence-corrected chi connectivity index (χ4v) is 4.39. The number of likely N-dealkylation sites (N-methyl/N-ethyl adjacent to an activating group) is 1. The summed E-state index contributed by atoms with van der Waals surface area (Å²) in [6.07, 6.45) is 2.43. The van der Waals surface area contributed by atoms with Gasteiger partial charge in [-0.1, -0.05) is 24.6 Å². The van der Waals surface area contributed by atoms with Crippen LogP contribution in [0.25, 0.3) is 0 Å². The normalized spacial score (nSPS) is 18.2. The average Bonchev–Trinajstić information content (AvgIpc) is 3.08. The first kappa shape index (κ1) is 24.4. The second-order valence-corrected chi connectivity index (χ2v) is 8.36. The van der Waals surface area contributed by atoms with Gasteiger partial charge in [-0.3, -0.25) is 9.89 Å². The third-order valence-corrected chi connectivity index (χ3v) is 6.14. The number of nitrogens with one attached hydrogen (secondary N) is 3. The molecule has 1 unspecified atom stereocenters. The highest BCUT2D eigenvalue weighted by atomic mass is 127. The lowest BCUT2D eigenvalue weighted by atomic mass is 10.2. The number of aliphatic imine (C=N–C) groups is 1. The van der Waals surface area contributed by atoms with Crippen LogP contribution in [0, 0.1) is 0 Å². The molecular formula is C17H29ClIN5O2S. The molecule has 10 heteroatoms. The van der Waals surface area contributed by atoms with Gasteiger partial charge in [0.15, 0.2) is 5.96 Å². The SMILES string of the molecule is CCN1CCCC1CNC(=NC)NCCNS(=O)(=O)c1cccc(Cl)c1.I. The Labute approximate surface area is 184 Å². The van der Waals surface area contributed by atoms with E-state index in [1.54, 1.807) is 19.2 Å². The van der Waals surface area contributed by atoms with E-state index in [9.17, 15) is 8.42 Å². The molecule has 27 heavy (non-hydrogen) atoms. The molecule has 154 valence electrons. The molecule has 7 nitrogen and oxygen atoms in total. The summed E-state index contributed by atoms with van der Waals surface area (Å²) in [5.41, 5.74) is 0. The molecule has 0 saturated carbocycles. The second-order valence-electron chi connectivity index (χ2n) is 6.16. The zero-order chi connectivity index (χ0) is 19.0. The van der Waals surface area contributed by atoms with Crippen molar-refractivity contribution >= 4 is 51.6 Å². The van der Waals surface area contributed by atoms with Crippen LogP contribution in [0.2, 0.25) is 5.02 Å². The van der Waals surface area contributed by atoms with E-state index in [0.29, 0.717) is 23.6 Å². The molecule has 1 aromatic carbocycles. The van der Waals surface area contributed by atoms with E-state index in [1.807, 2.05) is 0 Å². The Morgan fingerprint density at radius 1 is 1.33 bits per heavy atom. The first-order chi connectivity index (χ1) is 12.5. The minimum atomic E-state index is -3.56. The van der Waals surface area contributed by atoms with Gasteiger partial charge in [0.1, 0.15) is 0 Å². The zero-order valence-electron chi connectivity index (χ0n) is 15.7. The second kappa shape index (κ2) is 12.1. The van der Waals surface area contributed by atoms with E-state index in [1.165, 1.54) is 25.0 Å². The number of benzene rings is 1. The van der Waals surface area contributed by atoms with Crippen LogP contribution in [-0.4, -0.2) is 65.1 Å². The first-order valence-corrected chi connectivity index (χ1v) is 10.8. The maximum Gasteiger partial charge on any atom is 0.240 e. The largest absolute Gasteiger partial charge is 0.355 e.